The molecule has 1 amide bonds. The number of amides is 1. The van der Waals surface area contributed by atoms with Crippen molar-refractivity contribution >= 4 is 17.3 Å². The van der Waals surface area contributed by atoms with E-state index >= 15 is 0 Å². The van der Waals surface area contributed by atoms with Gasteiger partial charge in [-0.1, -0.05) is 6.42 Å². The molecule has 0 aliphatic heterocycles. The highest BCUT2D eigenvalue weighted by Gasteiger charge is 2.21. The molecular weight excluding hydrogens is 266 g/mol. The Morgan fingerprint density at radius 2 is 2.19 bits per heavy atom. The van der Waals surface area contributed by atoms with E-state index in [1.165, 1.54) is 0 Å². The summed E-state index contributed by atoms with van der Waals surface area (Å²) in [6.45, 7) is 0.609. The predicted octanol–water partition coefficient (Wildman–Crippen LogP) is 1.62. The van der Waals surface area contributed by atoms with Gasteiger partial charge >= 0.3 is 0 Å². The Kier molecular flexibility index (Phi) is 5.07. The van der Waals surface area contributed by atoms with Gasteiger partial charge in [-0.15, -0.1) is 0 Å². The highest BCUT2D eigenvalue weighted by Crippen LogP contribution is 2.24. The van der Waals surface area contributed by atoms with E-state index in [9.17, 15) is 9.90 Å². The maximum atomic E-state index is 12.4. The average molecular weight is 291 g/mol. The van der Waals surface area contributed by atoms with Crippen molar-refractivity contribution in [2.24, 2.45) is 5.92 Å². The summed E-state index contributed by atoms with van der Waals surface area (Å²) in [4.78, 5) is 14.3. The Morgan fingerprint density at radius 3 is 2.86 bits per heavy atom. The molecule has 1 aromatic carbocycles. The van der Waals surface area contributed by atoms with Crippen LogP contribution < -0.4 is 16.0 Å². The van der Waals surface area contributed by atoms with Crippen LogP contribution in [-0.2, 0) is 0 Å². The quantitative estimate of drug-likeness (QED) is 0.737. The zero-order chi connectivity index (χ0) is 15.4. The Hall–Kier alpha value is -1.75. The Morgan fingerprint density at radius 1 is 1.43 bits per heavy atom. The molecule has 0 bridgehead atoms. The second kappa shape index (κ2) is 6.80. The molecule has 21 heavy (non-hydrogen) atoms. The molecule has 2 atom stereocenters. The number of aliphatic hydroxyl groups excluding tert-OH is 1. The molecule has 0 spiro atoms. The lowest BCUT2D eigenvalue weighted by molar-refractivity contribution is 0.0874. The summed E-state index contributed by atoms with van der Waals surface area (Å²) in [5, 5.41) is 12.7. The van der Waals surface area contributed by atoms with Crippen molar-refractivity contribution in [1.82, 2.24) is 5.32 Å². The summed E-state index contributed by atoms with van der Waals surface area (Å²) in [7, 11) is 3.81. The van der Waals surface area contributed by atoms with Gasteiger partial charge in [0.1, 0.15) is 0 Å². The summed E-state index contributed by atoms with van der Waals surface area (Å²) in [6.07, 6.45) is 3.53. The first-order valence-corrected chi connectivity index (χ1v) is 7.50. The van der Waals surface area contributed by atoms with Crippen molar-refractivity contribution in [3.05, 3.63) is 23.8 Å². The standard InChI is InChI=1S/C16H25N3O2/c1-19(2)15-7-6-12(17)9-14(15)16(21)18-10-11-4-3-5-13(20)8-11/h6-7,9,11,13,20H,3-5,8,10,17H2,1-2H3,(H,18,21). The van der Waals surface area contributed by atoms with Crippen LogP contribution in [0, 0.1) is 5.92 Å². The van der Waals surface area contributed by atoms with E-state index in [1.807, 2.05) is 25.1 Å². The lowest BCUT2D eigenvalue weighted by Crippen LogP contribution is -2.33. The van der Waals surface area contributed by atoms with Gasteiger partial charge in [0.15, 0.2) is 0 Å². The first kappa shape index (κ1) is 15.6. The van der Waals surface area contributed by atoms with Gasteiger partial charge < -0.3 is 21.1 Å². The number of nitrogens with two attached hydrogens (primary N) is 1. The van der Waals surface area contributed by atoms with Crippen LogP contribution in [0.2, 0.25) is 0 Å². The molecule has 2 rings (SSSR count). The number of rotatable bonds is 4. The largest absolute Gasteiger partial charge is 0.399 e. The molecule has 4 N–H and O–H groups in total. The number of hydrogen-bond acceptors (Lipinski definition) is 4. The number of carbonyl (C=O) groups is 1. The SMILES string of the molecule is CN(C)c1ccc(N)cc1C(=O)NCC1CCCC(O)C1. The molecular formula is C16H25N3O2. The third-order valence-corrected chi connectivity index (χ3v) is 4.05. The predicted molar refractivity (Wildman–Crippen MR) is 85.5 cm³/mol. The number of carbonyl (C=O) groups excluding carboxylic acids is 1. The Labute approximate surface area is 126 Å². The van der Waals surface area contributed by atoms with Crippen molar-refractivity contribution in [2.45, 2.75) is 31.8 Å². The van der Waals surface area contributed by atoms with E-state index in [0.717, 1.165) is 31.4 Å². The molecule has 1 aromatic rings. The van der Waals surface area contributed by atoms with E-state index in [1.54, 1.807) is 12.1 Å². The number of nitrogens with zero attached hydrogens (tertiary/aromatic N) is 1. The van der Waals surface area contributed by atoms with Crippen molar-refractivity contribution in [1.29, 1.82) is 0 Å². The van der Waals surface area contributed by atoms with Crippen molar-refractivity contribution in [2.75, 3.05) is 31.3 Å². The topological polar surface area (TPSA) is 78.6 Å². The van der Waals surface area contributed by atoms with Gasteiger partial charge in [-0.25, -0.2) is 0 Å². The molecule has 0 heterocycles. The summed E-state index contributed by atoms with van der Waals surface area (Å²) in [5.41, 5.74) is 7.82. The van der Waals surface area contributed by atoms with Crippen LogP contribution in [-0.4, -0.2) is 37.8 Å². The molecule has 1 aliphatic rings. The molecule has 0 aromatic heterocycles. The van der Waals surface area contributed by atoms with Crippen molar-refractivity contribution in [3.63, 3.8) is 0 Å². The fourth-order valence-electron chi connectivity index (χ4n) is 2.91. The molecule has 1 saturated carbocycles. The van der Waals surface area contributed by atoms with Crippen LogP contribution in [0.4, 0.5) is 11.4 Å². The van der Waals surface area contributed by atoms with E-state index in [-0.39, 0.29) is 12.0 Å². The zero-order valence-corrected chi connectivity index (χ0v) is 12.8. The molecule has 5 nitrogen and oxygen atoms in total. The molecule has 2 unspecified atom stereocenters. The van der Waals surface area contributed by atoms with Crippen LogP contribution in [0.5, 0.6) is 0 Å². The third-order valence-electron chi connectivity index (χ3n) is 4.05. The van der Waals surface area contributed by atoms with Crippen LogP contribution >= 0.6 is 0 Å². The highest BCUT2D eigenvalue weighted by molar-refractivity contribution is 6.00. The minimum Gasteiger partial charge on any atom is -0.399 e. The maximum absolute atomic E-state index is 12.4. The van der Waals surface area contributed by atoms with Crippen LogP contribution in [0.1, 0.15) is 36.0 Å². The average Bonchev–Trinajstić information content (AvgIpc) is 2.44. The monoisotopic (exact) mass is 291 g/mol. The summed E-state index contributed by atoms with van der Waals surface area (Å²) in [5.74, 6) is 0.257. The fraction of sp³-hybridized carbons (Fsp3) is 0.562. The second-order valence-corrected chi connectivity index (χ2v) is 6.07. The first-order valence-electron chi connectivity index (χ1n) is 7.50. The summed E-state index contributed by atoms with van der Waals surface area (Å²) in [6, 6.07) is 5.36. The number of nitrogen functional groups attached to an aromatic ring is 1. The lowest BCUT2D eigenvalue weighted by atomic mass is 9.87. The van der Waals surface area contributed by atoms with Crippen LogP contribution in [0.25, 0.3) is 0 Å². The number of aliphatic hydroxyl groups is 1. The van der Waals surface area contributed by atoms with Gasteiger partial charge in [0.05, 0.1) is 11.7 Å². The highest BCUT2D eigenvalue weighted by atomic mass is 16.3. The van der Waals surface area contributed by atoms with Crippen molar-refractivity contribution < 1.29 is 9.90 Å². The zero-order valence-electron chi connectivity index (χ0n) is 12.8. The number of benzene rings is 1. The molecule has 0 radical (unpaired) electrons. The van der Waals surface area contributed by atoms with Gasteiger partial charge in [0, 0.05) is 32.0 Å². The molecule has 5 heteroatoms. The second-order valence-electron chi connectivity index (χ2n) is 6.07. The van der Waals surface area contributed by atoms with E-state index in [0.29, 0.717) is 23.7 Å². The van der Waals surface area contributed by atoms with Crippen LogP contribution in [0.15, 0.2) is 18.2 Å². The molecule has 116 valence electrons. The third kappa shape index (κ3) is 4.11. The minimum atomic E-state index is -0.217. The van der Waals surface area contributed by atoms with Gasteiger partial charge in [-0.2, -0.15) is 0 Å². The number of hydrogen-bond donors (Lipinski definition) is 3. The minimum absolute atomic E-state index is 0.105. The van der Waals surface area contributed by atoms with E-state index in [2.05, 4.69) is 5.32 Å². The van der Waals surface area contributed by atoms with Crippen LogP contribution in [0.3, 0.4) is 0 Å². The Bertz CT molecular complexity index is 502. The van der Waals surface area contributed by atoms with Gasteiger partial charge in [0.25, 0.3) is 5.91 Å². The van der Waals surface area contributed by atoms with Gasteiger partial charge in [0.2, 0.25) is 0 Å². The van der Waals surface area contributed by atoms with Gasteiger partial charge in [-0.05, 0) is 43.4 Å². The molecule has 0 saturated heterocycles. The number of nitrogens with one attached hydrogen (secondary N) is 1. The molecule has 1 aliphatic carbocycles. The first-order chi connectivity index (χ1) is 9.97. The number of anilines is 2. The smallest absolute Gasteiger partial charge is 0.253 e. The normalized spacial score (nSPS) is 21.9. The lowest BCUT2D eigenvalue weighted by Gasteiger charge is -2.26. The van der Waals surface area contributed by atoms with Crippen molar-refractivity contribution in [3.8, 4) is 0 Å². The maximum Gasteiger partial charge on any atom is 0.253 e. The fourth-order valence-corrected chi connectivity index (χ4v) is 2.91. The summed E-state index contributed by atoms with van der Waals surface area (Å²) < 4.78 is 0. The van der Waals surface area contributed by atoms with E-state index < -0.39 is 0 Å². The Balaban J connectivity index is 2.01. The van der Waals surface area contributed by atoms with Gasteiger partial charge in [-0.3, -0.25) is 4.79 Å². The summed E-state index contributed by atoms with van der Waals surface area (Å²) >= 11 is 0. The van der Waals surface area contributed by atoms with E-state index in [4.69, 9.17) is 5.73 Å². The molecule has 1 fully saturated rings.